The van der Waals surface area contributed by atoms with E-state index in [1.807, 2.05) is 0 Å². The van der Waals surface area contributed by atoms with Gasteiger partial charge in [0.15, 0.2) is 5.82 Å². The van der Waals surface area contributed by atoms with Gasteiger partial charge < -0.3 is 9.26 Å². The zero-order valence-corrected chi connectivity index (χ0v) is 11.9. The summed E-state index contributed by atoms with van der Waals surface area (Å²) in [6.07, 6.45) is 6.13. The van der Waals surface area contributed by atoms with Crippen molar-refractivity contribution in [1.82, 2.24) is 15.0 Å². The van der Waals surface area contributed by atoms with Crippen molar-refractivity contribution in [3.8, 4) is 0 Å². The van der Waals surface area contributed by atoms with E-state index in [1.54, 1.807) is 0 Å². The van der Waals surface area contributed by atoms with Gasteiger partial charge in [-0.2, -0.15) is 4.98 Å². The number of rotatable bonds is 5. The lowest BCUT2D eigenvalue weighted by molar-refractivity contribution is -0.142. The predicted octanol–water partition coefficient (Wildman–Crippen LogP) is 1.86. The zero-order valence-electron chi connectivity index (χ0n) is 11.9. The molecule has 1 saturated heterocycles. The second kappa shape index (κ2) is 5.91. The Balaban J connectivity index is 1.61. The highest BCUT2D eigenvalue weighted by molar-refractivity contribution is 5.69. The van der Waals surface area contributed by atoms with Gasteiger partial charge in [0.1, 0.15) is 0 Å². The maximum absolute atomic E-state index is 11.5. The molecule has 0 N–H and O–H groups in total. The van der Waals surface area contributed by atoms with Gasteiger partial charge in [0.05, 0.1) is 20.1 Å². The van der Waals surface area contributed by atoms with Gasteiger partial charge in [-0.25, -0.2) is 0 Å². The molecule has 0 bridgehead atoms. The van der Waals surface area contributed by atoms with Crippen molar-refractivity contribution >= 4 is 5.97 Å². The first-order chi connectivity index (χ1) is 9.76. The van der Waals surface area contributed by atoms with E-state index in [4.69, 9.17) is 9.26 Å². The van der Waals surface area contributed by atoms with Crippen molar-refractivity contribution < 1.29 is 14.1 Å². The Morgan fingerprint density at radius 2 is 2.25 bits per heavy atom. The minimum absolute atomic E-state index is 0.145. The van der Waals surface area contributed by atoms with Crippen molar-refractivity contribution in [3.63, 3.8) is 0 Å². The van der Waals surface area contributed by atoms with Crippen LogP contribution in [0.4, 0.5) is 0 Å². The van der Waals surface area contributed by atoms with Crippen LogP contribution in [-0.2, 0) is 16.1 Å². The number of esters is 1. The smallest absolute Gasteiger partial charge is 0.307 e. The minimum atomic E-state index is -0.145. The van der Waals surface area contributed by atoms with E-state index in [1.165, 1.54) is 7.11 Å². The summed E-state index contributed by atoms with van der Waals surface area (Å²) >= 11 is 0. The molecule has 1 aliphatic carbocycles. The van der Waals surface area contributed by atoms with E-state index in [9.17, 15) is 4.79 Å². The quantitative estimate of drug-likeness (QED) is 0.766. The van der Waals surface area contributed by atoms with Gasteiger partial charge in [-0.3, -0.25) is 9.69 Å². The highest BCUT2D eigenvalue weighted by Gasteiger charge is 2.31. The zero-order chi connectivity index (χ0) is 13.9. The number of hydrogen-bond acceptors (Lipinski definition) is 6. The van der Waals surface area contributed by atoms with Gasteiger partial charge in [-0.15, -0.1) is 0 Å². The summed E-state index contributed by atoms with van der Waals surface area (Å²) in [5.41, 5.74) is 0. The Morgan fingerprint density at radius 3 is 3.00 bits per heavy atom. The Morgan fingerprint density at radius 1 is 1.40 bits per heavy atom. The molecule has 20 heavy (non-hydrogen) atoms. The number of ether oxygens (including phenoxy) is 1. The van der Waals surface area contributed by atoms with E-state index < -0.39 is 0 Å². The summed E-state index contributed by atoms with van der Waals surface area (Å²) in [6, 6.07) is 0.235. The third-order valence-corrected chi connectivity index (χ3v) is 4.13. The average molecular weight is 279 g/mol. The van der Waals surface area contributed by atoms with Gasteiger partial charge in [-0.05, 0) is 32.2 Å². The molecule has 1 aromatic rings. The maximum atomic E-state index is 11.5. The SMILES string of the molecule is COC(=O)CC1CCCCN1Cc1noc(C2CC2)n1. The summed E-state index contributed by atoms with van der Waals surface area (Å²) in [4.78, 5) is 18.2. The molecule has 1 aromatic heterocycles. The molecule has 0 aromatic carbocycles. The number of piperidine rings is 1. The molecule has 6 nitrogen and oxygen atoms in total. The lowest BCUT2D eigenvalue weighted by Gasteiger charge is -2.34. The number of nitrogens with zero attached hydrogens (tertiary/aromatic N) is 3. The molecule has 1 unspecified atom stereocenters. The van der Waals surface area contributed by atoms with Crippen LogP contribution in [-0.4, -0.2) is 40.7 Å². The molecule has 6 heteroatoms. The van der Waals surface area contributed by atoms with Crippen LogP contribution in [0.25, 0.3) is 0 Å². The normalized spacial score (nSPS) is 23.8. The van der Waals surface area contributed by atoms with Crippen LogP contribution in [0, 0.1) is 0 Å². The Bertz CT molecular complexity index is 470. The van der Waals surface area contributed by atoms with Crippen LogP contribution < -0.4 is 0 Å². The molecular weight excluding hydrogens is 258 g/mol. The lowest BCUT2D eigenvalue weighted by Crippen LogP contribution is -2.40. The first-order valence-electron chi connectivity index (χ1n) is 7.39. The summed E-state index contributed by atoms with van der Waals surface area (Å²) in [6.45, 7) is 1.65. The highest BCUT2D eigenvalue weighted by Crippen LogP contribution is 2.38. The first kappa shape index (κ1) is 13.5. The van der Waals surface area contributed by atoms with Gasteiger partial charge in [0.2, 0.25) is 5.89 Å². The number of methoxy groups -OCH3 is 1. The topological polar surface area (TPSA) is 68.5 Å². The van der Waals surface area contributed by atoms with Crippen LogP contribution in [0.2, 0.25) is 0 Å². The number of likely N-dealkylation sites (tertiary alicyclic amines) is 1. The van der Waals surface area contributed by atoms with E-state index >= 15 is 0 Å². The van der Waals surface area contributed by atoms with Crippen molar-refractivity contribution in [2.45, 2.75) is 57.0 Å². The van der Waals surface area contributed by atoms with Gasteiger partial charge >= 0.3 is 5.97 Å². The molecule has 0 amide bonds. The third kappa shape index (κ3) is 3.17. The van der Waals surface area contributed by atoms with Gasteiger partial charge in [-0.1, -0.05) is 11.6 Å². The average Bonchev–Trinajstić information content (AvgIpc) is 3.21. The van der Waals surface area contributed by atoms with E-state index in [-0.39, 0.29) is 12.0 Å². The van der Waals surface area contributed by atoms with Crippen molar-refractivity contribution in [1.29, 1.82) is 0 Å². The molecule has 2 heterocycles. The highest BCUT2D eigenvalue weighted by atomic mass is 16.5. The van der Waals surface area contributed by atoms with Gasteiger partial charge in [0.25, 0.3) is 0 Å². The first-order valence-corrected chi connectivity index (χ1v) is 7.39. The number of aromatic nitrogens is 2. The largest absolute Gasteiger partial charge is 0.469 e. The second-order valence-electron chi connectivity index (χ2n) is 5.72. The van der Waals surface area contributed by atoms with Crippen LogP contribution in [0.3, 0.4) is 0 Å². The number of carbonyl (C=O) groups excluding carboxylic acids is 1. The second-order valence-corrected chi connectivity index (χ2v) is 5.72. The standard InChI is InChI=1S/C14H21N3O3/c1-19-13(18)8-11-4-2-3-7-17(11)9-12-15-14(20-16-12)10-5-6-10/h10-11H,2-9H2,1H3. The van der Waals surface area contributed by atoms with Crippen LogP contribution >= 0.6 is 0 Å². The summed E-state index contributed by atoms with van der Waals surface area (Å²) in [5.74, 6) is 1.86. The van der Waals surface area contributed by atoms with Crippen molar-refractivity contribution in [3.05, 3.63) is 11.7 Å². The lowest BCUT2D eigenvalue weighted by atomic mass is 9.99. The monoisotopic (exact) mass is 279 g/mol. The fourth-order valence-electron chi connectivity index (χ4n) is 2.78. The van der Waals surface area contributed by atoms with Crippen LogP contribution in [0.1, 0.15) is 56.2 Å². The molecule has 0 radical (unpaired) electrons. The van der Waals surface area contributed by atoms with Crippen molar-refractivity contribution in [2.75, 3.05) is 13.7 Å². The molecule has 3 rings (SSSR count). The Labute approximate surface area is 118 Å². The third-order valence-electron chi connectivity index (χ3n) is 4.13. The summed E-state index contributed by atoms with van der Waals surface area (Å²) in [7, 11) is 1.44. The van der Waals surface area contributed by atoms with Crippen LogP contribution in [0.5, 0.6) is 0 Å². The minimum Gasteiger partial charge on any atom is -0.469 e. The molecule has 1 aliphatic heterocycles. The van der Waals surface area contributed by atoms with Crippen molar-refractivity contribution in [2.24, 2.45) is 0 Å². The molecule has 0 spiro atoms. The predicted molar refractivity (Wildman–Crippen MR) is 71.0 cm³/mol. The Hall–Kier alpha value is -1.43. The number of hydrogen-bond donors (Lipinski definition) is 0. The molecule has 1 atom stereocenters. The molecule has 110 valence electrons. The van der Waals surface area contributed by atoms with E-state index in [0.29, 0.717) is 18.9 Å². The summed E-state index contributed by atoms with van der Waals surface area (Å²) < 4.78 is 10.1. The maximum Gasteiger partial charge on any atom is 0.307 e. The van der Waals surface area contributed by atoms with Gasteiger partial charge in [0, 0.05) is 12.0 Å². The fourth-order valence-corrected chi connectivity index (χ4v) is 2.78. The molecular formula is C14H21N3O3. The molecule has 2 aliphatic rings. The van der Waals surface area contributed by atoms with Crippen LogP contribution in [0.15, 0.2) is 4.52 Å². The van der Waals surface area contributed by atoms with E-state index in [2.05, 4.69) is 15.0 Å². The fraction of sp³-hybridized carbons (Fsp3) is 0.786. The number of carbonyl (C=O) groups is 1. The molecule has 1 saturated carbocycles. The Kier molecular flexibility index (Phi) is 4.00. The van der Waals surface area contributed by atoms with E-state index in [0.717, 1.165) is 50.4 Å². The molecule has 2 fully saturated rings. The summed E-state index contributed by atoms with van der Waals surface area (Å²) in [5, 5.41) is 4.06.